The first-order chi connectivity index (χ1) is 9.15. The second-order valence-corrected chi connectivity index (χ2v) is 6.47. The molecule has 5 heteroatoms. The molecule has 0 radical (unpaired) electrons. The number of piperidine rings is 1. The number of thiazole rings is 1. The van der Waals surface area contributed by atoms with E-state index in [4.69, 9.17) is 11.6 Å². The smallest absolute Gasteiger partial charge is 0.110 e. The molecule has 19 heavy (non-hydrogen) atoms. The Bertz CT molecular complexity index is 388. The van der Waals surface area contributed by atoms with Gasteiger partial charge in [0.05, 0.1) is 17.6 Å². The third kappa shape index (κ3) is 3.69. The van der Waals surface area contributed by atoms with Crippen LogP contribution in [-0.2, 0) is 5.88 Å². The molecule has 0 aromatic carbocycles. The largest absolute Gasteiger partial charge is 0.303 e. The minimum atomic E-state index is 0.389. The van der Waals surface area contributed by atoms with Crippen LogP contribution in [0.3, 0.4) is 0 Å². The fourth-order valence-corrected chi connectivity index (χ4v) is 3.86. The van der Waals surface area contributed by atoms with E-state index >= 15 is 0 Å². The Morgan fingerprint density at radius 3 is 2.74 bits per heavy atom. The van der Waals surface area contributed by atoms with E-state index < -0.39 is 0 Å². The van der Waals surface area contributed by atoms with Gasteiger partial charge in [0.25, 0.3) is 0 Å². The number of halogens is 1. The lowest BCUT2D eigenvalue weighted by molar-refractivity contribution is 0.104. The third-order valence-electron chi connectivity index (χ3n) is 4.26. The molecular formula is C14H24ClN3S. The van der Waals surface area contributed by atoms with E-state index in [1.807, 2.05) is 0 Å². The van der Waals surface area contributed by atoms with Crippen molar-refractivity contribution in [2.24, 2.45) is 0 Å². The summed E-state index contributed by atoms with van der Waals surface area (Å²) in [5.41, 5.74) is 1.00. The van der Waals surface area contributed by atoms with Crippen molar-refractivity contribution < 1.29 is 0 Å². The average molecular weight is 302 g/mol. The highest BCUT2D eigenvalue weighted by molar-refractivity contribution is 7.09. The molecule has 2 heterocycles. The lowest BCUT2D eigenvalue weighted by Crippen LogP contribution is -2.44. The molecule has 0 saturated carbocycles. The molecule has 1 aliphatic rings. The Hall–Kier alpha value is -0.160. The number of likely N-dealkylation sites (tertiary alicyclic amines) is 1. The first kappa shape index (κ1) is 15.2. The lowest BCUT2D eigenvalue weighted by Gasteiger charge is -2.38. The predicted octanol–water partition coefficient (Wildman–Crippen LogP) is 3.36. The van der Waals surface area contributed by atoms with Crippen molar-refractivity contribution in [3.8, 4) is 0 Å². The Morgan fingerprint density at radius 1 is 1.53 bits per heavy atom. The molecule has 3 nitrogen and oxygen atoms in total. The Balaban J connectivity index is 1.93. The minimum Gasteiger partial charge on any atom is -0.303 e. The second-order valence-electron chi connectivity index (χ2n) is 5.32. The molecule has 108 valence electrons. The molecule has 0 amide bonds. The van der Waals surface area contributed by atoms with Gasteiger partial charge in [-0.15, -0.1) is 22.9 Å². The molecule has 0 N–H and O–H groups in total. The average Bonchev–Trinajstić information content (AvgIpc) is 2.94. The fraction of sp³-hybridized carbons (Fsp3) is 0.786. The summed E-state index contributed by atoms with van der Waals surface area (Å²) in [5, 5.41) is 3.27. The van der Waals surface area contributed by atoms with E-state index in [1.54, 1.807) is 11.3 Å². The summed E-state index contributed by atoms with van der Waals surface area (Å²) < 4.78 is 0. The summed E-state index contributed by atoms with van der Waals surface area (Å²) in [7, 11) is 2.23. The van der Waals surface area contributed by atoms with Gasteiger partial charge >= 0.3 is 0 Å². The van der Waals surface area contributed by atoms with Crippen LogP contribution in [0.2, 0.25) is 0 Å². The van der Waals surface area contributed by atoms with Gasteiger partial charge in [-0.25, -0.2) is 4.98 Å². The van der Waals surface area contributed by atoms with Crippen molar-refractivity contribution in [2.75, 3.05) is 26.7 Å². The summed E-state index contributed by atoms with van der Waals surface area (Å²) in [6.07, 6.45) is 2.53. The van der Waals surface area contributed by atoms with Crippen molar-refractivity contribution in [2.45, 2.75) is 44.7 Å². The third-order valence-corrected chi connectivity index (χ3v) is 5.59. The van der Waals surface area contributed by atoms with Gasteiger partial charge in [-0.05, 0) is 46.4 Å². The van der Waals surface area contributed by atoms with Gasteiger partial charge in [0, 0.05) is 11.4 Å². The number of nitrogens with zero attached hydrogens (tertiary/aromatic N) is 3. The topological polar surface area (TPSA) is 19.4 Å². The van der Waals surface area contributed by atoms with Crippen molar-refractivity contribution in [3.63, 3.8) is 0 Å². The monoisotopic (exact) mass is 301 g/mol. The summed E-state index contributed by atoms with van der Waals surface area (Å²) >= 11 is 7.56. The van der Waals surface area contributed by atoms with Gasteiger partial charge in [-0.2, -0.15) is 0 Å². The quantitative estimate of drug-likeness (QED) is 0.778. The number of rotatable bonds is 5. The van der Waals surface area contributed by atoms with Crippen molar-refractivity contribution in [1.29, 1.82) is 0 Å². The maximum atomic E-state index is 5.83. The molecule has 1 saturated heterocycles. The van der Waals surface area contributed by atoms with Crippen LogP contribution < -0.4 is 0 Å². The van der Waals surface area contributed by atoms with Crippen molar-refractivity contribution >= 4 is 22.9 Å². The maximum Gasteiger partial charge on any atom is 0.110 e. The summed E-state index contributed by atoms with van der Waals surface area (Å²) in [5.74, 6) is 0.516. The van der Waals surface area contributed by atoms with Crippen LogP contribution in [0.25, 0.3) is 0 Å². The summed E-state index contributed by atoms with van der Waals surface area (Å²) in [4.78, 5) is 9.63. The highest BCUT2D eigenvalue weighted by atomic mass is 35.5. The molecule has 0 spiro atoms. The van der Waals surface area contributed by atoms with E-state index in [0.29, 0.717) is 18.0 Å². The molecule has 1 aliphatic heterocycles. The van der Waals surface area contributed by atoms with Crippen LogP contribution in [0.15, 0.2) is 5.38 Å². The van der Waals surface area contributed by atoms with Crippen LogP contribution in [0.4, 0.5) is 0 Å². The van der Waals surface area contributed by atoms with Crippen LogP contribution in [0.5, 0.6) is 0 Å². The maximum absolute atomic E-state index is 5.83. The zero-order valence-electron chi connectivity index (χ0n) is 12.1. The van der Waals surface area contributed by atoms with Gasteiger partial charge in [0.15, 0.2) is 0 Å². The van der Waals surface area contributed by atoms with Crippen LogP contribution in [0, 0.1) is 0 Å². The SMILES string of the molecule is CCN1CCC(N(C)C(C)c2nc(CCl)cs2)CC1. The van der Waals surface area contributed by atoms with Crippen LogP contribution >= 0.6 is 22.9 Å². The van der Waals surface area contributed by atoms with E-state index in [1.165, 1.54) is 37.5 Å². The standard InChI is InChI=1S/C14H24ClN3S/c1-4-18-7-5-13(6-8-18)17(3)11(2)14-16-12(9-15)10-19-14/h10-11,13H,4-9H2,1-3H3. The first-order valence-electron chi connectivity index (χ1n) is 7.10. The molecule has 1 atom stereocenters. The van der Waals surface area contributed by atoms with Crippen molar-refractivity contribution in [1.82, 2.24) is 14.8 Å². The molecular weight excluding hydrogens is 278 g/mol. The minimum absolute atomic E-state index is 0.389. The van der Waals surface area contributed by atoms with Gasteiger partial charge in [0.2, 0.25) is 0 Å². The van der Waals surface area contributed by atoms with Gasteiger partial charge in [0.1, 0.15) is 5.01 Å². The summed E-state index contributed by atoms with van der Waals surface area (Å²) in [6, 6.07) is 1.07. The zero-order chi connectivity index (χ0) is 13.8. The van der Waals surface area contributed by atoms with E-state index in [-0.39, 0.29) is 0 Å². The van der Waals surface area contributed by atoms with Gasteiger partial charge in [-0.1, -0.05) is 6.92 Å². The number of hydrogen-bond acceptors (Lipinski definition) is 4. The predicted molar refractivity (Wildman–Crippen MR) is 83.0 cm³/mol. The lowest BCUT2D eigenvalue weighted by atomic mass is 10.0. The van der Waals surface area contributed by atoms with Crippen LogP contribution in [-0.4, -0.2) is 47.5 Å². The second kappa shape index (κ2) is 7.02. The molecule has 1 fully saturated rings. The molecule has 1 aromatic heterocycles. The highest BCUT2D eigenvalue weighted by Crippen LogP contribution is 2.28. The highest BCUT2D eigenvalue weighted by Gasteiger charge is 2.26. The van der Waals surface area contributed by atoms with Gasteiger partial charge < -0.3 is 4.90 Å². The molecule has 0 bridgehead atoms. The Kier molecular flexibility index (Phi) is 5.63. The first-order valence-corrected chi connectivity index (χ1v) is 8.51. The van der Waals surface area contributed by atoms with E-state index in [2.05, 4.69) is 41.1 Å². The molecule has 2 rings (SSSR count). The van der Waals surface area contributed by atoms with E-state index in [9.17, 15) is 0 Å². The number of aromatic nitrogens is 1. The number of hydrogen-bond donors (Lipinski definition) is 0. The van der Waals surface area contributed by atoms with E-state index in [0.717, 1.165) is 5.69 Å². The molecule has 1 aromatic rings. The Labute approximate surface area is 125 Å². The molecule has 1 unspecified atom stereocenters. The van der Waals surface area contributed by atoms with Crippen LogP contribution in [0.1, 0.15) is 43.4 Å². The Morgan fingerprint density at radius 2 is 2.21 bits per heavy atom. The normalized spacial score (nSPS) is 20.1. The van der Waals surface area contributed by atoms with Crippen molar-refractivity contribution in [3.05, 3.63) is 16.1 Å². The zero-order valence-corrected chi connectivity index (χ0v) is 13.7. The van der Waals surface area contributed by atoms with Gasteiger partial charge in [-0.3, -0.25) is 4.90 Å². The summed E-state index contributed by atoms with van der Waals surface area (Å²) in [6.45, 7) is 8.13. The fourth-order valence-electron chi connectivity index (χ4n) is 2.71. The number of alkyl halides is 1. The molecule has 0 aliphatic carbocycles.